The van der Waals surface area contributed by atoms with Gasteiger partial charge in [0.1, 0.15) is 12.4 Å². The summed E-state index contributed by atoms with van der Waals surface area (Å²) < 4.78 is 5.83. The smallest absolute Gasteiger partial charge is 0.234 e. The van der Waals surface area contributed by atoms with Crippen molar-refractivity contribution < 1.29 is 14.3 Å². The van der Waals surface area contributed by atoms with Gasteiger partial charge in [0.15, 0.2) is 0 Å². The Hall–Kier alpha value is -2.08. The van der Waals surface area contributed by atoms with Crippen LogP contribution in [-0.2, 0) is 9.59 Å². The second-order valence-corrected chi connectivity index (χ2v) is 8.00. The maximum absolute atomic E-state index is 12.5. The first kappa shape index (κ1) is 20.6. The van der Waals surface area contributed by atoms with Crippen LogP contribution in [0.2, 0.25) is 0 Å². The van der Waals surface area contributed by atoms with Gasteiger partial charge in [0.25, 0.3) is 0 Å². The van der Waals surface area contributed by atoms with E-state index < -0.39 is 0 Å². The highest BCUT2D eigenvalue weighted by atomic mass is 16.5. The highest BCUT2D eigenvalue weighted by Gasteiger charge is 2.30. The Kier molecular flexibility index (Phi) is 7.31. The van der Waals surface area contributed by atoms with Crippen LogP contribution in [-0.4, -0.2) is 67.5 Å². The number of hydrogen-bond donors (Lipinski definition) is 1. The maximum Gasteiger partial charge on any atom is 0.234 e. The van der Waals surface area contributed by atoms with Gasteiger partial charge in [0, 0.05) is 19.0 Å². The first-order valence-electron chi connectivity index (χ1n) is 10.5. The molecule has 6 nitrogen and oxygen atoms in total. The monoisotopic (exact) mass is 387 g/mol. The van der Waals surface area contributed by atoms with Gasteiger partial charge in [-0.1, -0.05) is 18.2 Å². The van der Waals surface area contributed by atoms with Crippen molar-refractivity contribution in [2.24, 2.45) is 5.92 Å². The van der Waals surface area contributed by atoms with Gasteiger partial charge < -0.3 is 15.0 Å². The van der Waals surface area contributed by atoms with E-state index in [4.69, 9.17) is 4.74 Å². The third-order valence-corrected chi connectivity index (χ3v) is 5.80. The number of ether oxygens (including phenoxy) is 1. The molecule has 0 aromatic heterocycles. The van der Waals surface area contributed by atoms with Crippen molar-refractivity contribution in [1.82, 2.24) is 15.1 Å². The zero-order valence-corrected chi connectivity index (χ0v) is 17.2. The molecule has 2 amide bonds. The van der Waals surface area contributed by atoms with E-state index in [0.29, 0.717) is 25.6 Å². The molecule has 0 unspecified atom stereocenters. The van der Waals surface area contributed by atoms with E-state index in [-0.39, 0.29) is 11.8 Å². The molecule has 0 bridgehead atoms. The standard InChI is InChI=1S/C22H33N3O3/c1-17-6-5-7-18(2)21(17)28-15-10-23-20(26)16-24-13-8-19(9-14-24)22(27)25-11-3-4-12-25/h5-7,19H,3-4,8-16H2,1-2H3,(H,23,26). The number of hydrogen-bond acceptors (Lipinski definition) is 4. The lowest BCUT2D eigenvalue weighted by atomic mass is 9.95. The van der Waals surface area contributed by atoms with Crippen LogP contribution in [0.3, 0.4) is 0 Å². The number of carbonyl (C=O) groups excluding carboxylic acids is 2. The number of likely N-dealkylation sites (tertiary alicyclic amines) is 2. The van der Waals surface area contributed by atoms with Crippen molar-refractivity contribution in [3.05, 3.63) is 29.3 Å². The molecule has 2 fully saturated rings. The molecule has 1 aromatic carbocycles. The molecule has 28 heavy (non-hydrogen) atoms. The summed E-state index contributed by atoms with van der Waals surface area (Å²) in [5, 5.41) is 2.94. The van der Waals surface area contributed by atoms with E-state index in [2.05, 4.69) is 10.2 Å². The number of carbonyl (C=O) groups is 2. The van der Waals surface area contributed by atoms with Crippen molar-refractivity contribution in [3.8, 4) is 5.75 Å². The quantitative estimate of drug-likeness (QED) is 0.728. The topological polar surface area (TPSA) is 61.9 Å². The molecule has 2 saturated heterocycles. The Morgan fingerprint density at radius 3 is 2.36 bits per heavy atom. The normalized spacial score (nSPS) is 18.3. The Labute approximate surface area is 168 Å². The molecule has 0 aliphatic carbocycles. The third kappa shape index (κ3) is 5.47. The van der Waals surface area contributed by atoms with Gasteiger partial charge in [-0.2, -0.15) is 0 Å². The summed E-state index contributed by atoms with van der Waals surface area (Å²) >= 11 is 0. The fourth-order valence-electron chi connectivity index (χ4n) is 4.16. The average Bonchev–Trinajstić information content (AvgIpc) is 3.22. The molecule has 0 radical (unpaired) electrons. The van der Waals surface area contributed by atoms with Crippen LogP contribution >= 0.6 is 0 Å². The summed E-state index contributed by atoms with van der Waals surface area (Å²) in [4.78, 5) is 28.8. The van der Waals surface area contributed by atoms with Gasteiger partial charge >= 0.3 is 0 Å². The minimum Gasteiger partial charge on any atom is -0.491 e. The number of benzene rings is 1. The molecule has 3 rings (SSSR count). The predicted molar refractivity (Wildman–Crippen MR) is 109 cm³/mol. The first-order chi connectivity index (χ1) is 13.5. The molecule has 2 heterocycles. The van der Waals surface area contributed by atoms with Crippen LogP contribution in [0.4, 0.5) is 0 Å². The number of rotatable bonds is 7. The lowest BCUT2D eigenvalue weighted by molar-refractivity contribution is -0.136. The zero-order valence-electron chi connectivity index (χ0n) is 17.2. The summed E-state index contributed by atoms with van der Waals surface area (Å²) in [7, 11) is 0. The lowest BCUT2D eigenvalue weighted by Gasteiger charge is -2.32. The summed E-state index contributed by atoms with van der Waals surface area (Å²) in [6, 6.07) is 6.07. The molecule has 0 saturated carbocycles. The van der Waals surface area contributed by atoms with Crippen LogP contribution in [0.15, 0.2) is 18.2 Å². The van der Waals surface area contributed by atoms with Gasteiger partial charge in [0.2, 0.25) is 11.8 Å². The van der Waals surface area contributed by atoms with E-state index in [0.717, 1.165) is 68.7 Å². The molecule has 0 atom stereocenters. The van der Waals surface area contributed by atoms with Crippen molar-refractivity contribution in [1.29, 1.82) is 0 Å². The number of nitrogens with zero attached hydrogens (tertiary/aromatic N) is 2. The summed E-state index contributed by atoms with van der Waals surface area (Å²) in [6.45, 7) is 8.89. The SMILES string of the molecule is Cc1cccc(C)c1OCCNC(=O)CN1CCC(C(=O)N2CCCC2)CC1. The molecule has 2 aliphatic heterocycles. The van der Waals surface area contributed by atoms with Crippen molar-refractivity contribution in [3.63, 3.8) is 0 Å². The summed E-state index contributed by atoms with van der Waals surface area (Å²) in [6.07, 6.45) is 3.99. The second kappa shape index (κ2) is 9.92. The first-order valence-corrected chi connectivity index (χ1v) is 10.5. The van der Waals surface area contributed by atoms with Crippen LogP contribution < -0.4 is 10.1 Å². The number of aryl methyl sites for hydroxylation is 2. The molecule has 154 valence electrons. The zero-order chi connectivity index (χ0) is 19.9. The average molecular weight is 388 g/mol. The maximum atomic E-state index is 12.5. The molecule has 6 heteroatoms. The molecule has 2 aliphatic rings. The van der Waals surface area contributed by atoms with E-state index in [9.17, 15) is 9.59 Å². The molecule has 1 N–H and O–H groups in total. The van der Waals surface area contributed by atoms with Gasteiger partial charge in [-0.15, -0.1) is 0 Å². The molecule has 0 spiro atoms. The van der Waals surface area contributed by atoms with Crippen molar-refractivity contribution >= 4 is 11.8 Å². The Balaban J connectivity index is 1.32. The highest BCUT2D eigenvalue weighted by Crippen LogP contribution is 2.23. The fourth-order valence-corrected chi connectivity index (χ4v) is 4.16. The Morgan fingerprint density at radius 2 is 1.71 bits per heavy atom. The number of para-hydroxylation sites is 1. The van der Waals surface area contributed by atoms with E-state index in [1.54, 1.807) is 0 Å². The molecular formula is C22H33N3O3. The molecule has 1 aromatic rings. The van der Waals surface area contributed by atoms with Crippen LogP contribution in [0, 0.1) is 19.8 Å². The van der Waals surface area contributed by atoms with E-state index >= 15 is 0 Å². The fraction of sp³-hybridized carbons (Fsp3) is 0.636. The van der Waals surface area contributed by atoms with Crippen LogP contribution in [0.1, 0.15) is 36.8 Å². The van der Waals surface area contributed by atoms with Crippen LogP contribution in [0.5, 0.6) is 5.75 Å². The number of nitrogens with one attached hydrogen (secondary N) is 1. The van der Waals surface area contributed by atoms with Crippen molar-refractivity contribution in [2.75, 3.05) is 45.9 Å². The molecular weight excluding hydrogens is 354 g/mol. The van der Waals surface area contributed by atoms with Crippen LogP contribution in [0.25, 0.3) is 0 Å². The second-order valence-electron chi connectivity index (χ2n) is 8.00. The number of piperidine rings is 1. The van der Waals surface area contributed by atoms with E-state index in [1.165, 1.54) is 0 Å². The number of amides is 2. The highest BCUT2D eigenvalue weighted by molar-refractivity contribution is 5.79. The Bertz CT molecular complexity index is 657. The Morgan fingerprint density at radius 1 is 1.07 bits per heavy atom. The largest absolute Gasteiger partial charge is 0.491 e. The predicted octanol–water partition coefficient (Wildman–Crippen LogP) is 2.13. The van der Waals surface area contributed by atoms with Gasteiger partial charge in [-0.05, 0) is 63.7 Å². The van der Waals surface area contributed by atoms with Crippen molar-refractivity contribution in [2.45, 2.75) is 39.5 Å². The lowest BCUT2D eigenvalue weighted by Crippen LogP contribution is -2.45. The summed E-state index contributed by atoms with van der Waals surface area (Å²) in [5.41, 5.74) is 2.22. The van der Waals surface area contributed by atoms with E-state index in [1.807, 2.05) is 36.9 Å². The summed E-state index contributed by atoms with van der Waals surface area (Å²) in [5.74, 6) is 1.39. The van der Waals surface area contributed by atoms with Gasteiger partial charge in [-0.3, -0.25) is 14.5 Å². The third-order valence-electron chi connectivity index (χ3n) is 5.80. The minimum absolute atomic E-state index is 0.0226. The minimum atomic E-state index is 0.0226. The van der Waals surface area contributed by atoms with Gasteiger partial charge in [0.05, 0.1) is 13.1 Å². The van der Waals surface area contributed by atoms with Gasteiger partial charge in [-0.25, -0.2) is 0 Å².